The van der Waals surface area contributed by atoms with Gasteiger partial charge in [-0.2, -0.15) is 0 Å². The van der Waals surface area contributed by atoms with Crippen molar-refractivity contribution in [2.75, 3.05) is 40.0 Å². The lowest BCUT2D eigenvalue weighted by atomic mass is 9.79. The standard InChI is InChI=1S/C16H22Cl2N2O3.ClH/c1-22-11-16(5-7-19-8-6-16)10-20-14(21)9-23-15-12(17)3-2-4-13(15)18;/h2-4,19H,5-11H2,1H3,(H,20,21);1H. The molecule has 1 aliphatic heterocycles. The molecule has 0 radical (unpaired) electrons. The predicted octanol–water partition coefficient (Wildman–Crippen LogP) is 2.93. The normalized spacial score (nSPS) is 16.1. The Labute approximate surface area is 158 Å². The van der Waals surface area contributed by atoms with Crippen molar-refractivity contribution >= 4 is 41.5 Å². The van der Waals surface area contributed by atoms with Crippen LogP contribution in [-0.2, 0) is 9.53 Å². The maximum Gasteiger partial charge on any atom is 0.257 e. The number of piperidine rings is 1. The molecule has 1 amide bonds. The molecular formula is C16H23Cl3N2O3. The number of hydrogen-bond donors (Lipinski definition) is 2. The minimum Gasteiger partial charge on any atom is -0.481 e. The molecule has 8 heteroatoms. The molecule has 1 saturated heterocycles. The summed E-state index contributed by atoms with van der Waals surface area (Å²) in [6, 6.07) is 5.07. The van der Waals surface area contributed by atoms with Gasteiger partial charge in [-0.25, -0.2) is 0 Å². The van der Waals surface area contributed by atoms with Crippen LogP contribution in [0.5, 0.6) is 5.75 Å². The Hall–Kier alpha value is -0.720. The van der Waals surface area contributed by atoms with Crippen LogP contribution in [0.25, 0.3) is 0 Å². The third-order valence-corrected chi connectivity index (χ3v) is 4.64. The van der Waals surface area contributed by atoms with E-state index in [9.17, 15) is 4.79 Å². The zero-order valence-corrected chi connectivity index (χ0v) is 15.9. The SMILES string of the molecule is COCC1(CNC(=O)COc2c(Cl)cccc2Cl)CCNCC1.Cl. The summed E-state index contributed by atoms with van der Waals surface area (Å²) in [5, 5.41) is 7.03. The van der Waals surface area contributed by atoms with E-state index in [-0.39, 0.29) is 30.3 Å². The summed E-state index contributed by atoms with van der Waals surface area (Å²) in [5.41, 5.74) is -0.0162. The van der Waals surface area contributed by atoms with Gasteiger partial charge in [-0.05, 0) is 38.1 Å². The molecule has 2 rings (SSSR count). The van der Waals surface area contributed by atoms with Crippen LogP contribution in [0.4, 0.5) is 0 Å². The quantitative estimate of drug-likeness (QED) is 0.743. The second-order valence-electron chi connectivity index (χ2n) is 5.80. The molecule has 1 aromatic carbocycles. The molecule has 0 bridgehead atoms. The average molecular weight is 398 g/mol. The van der Waals surface area contributed by atoms with E-state index in [1.54, 1.807) is 25.3 Å². The molecule has 1 heterocycles. The van der Waals surface area contributed by atoms with Crippen molar-refractivity contribution in [2.24, 2.45) is 5.41 Å². The minimum absolute atomic E-state index is 0. The van der Waals surface area contributed by atoms with E-state index in [2.05, 4.69) is 10.6 Å². The van der Waals surface area contributed by atoms with E-state index >= 15 is 0 Å². The lowest BCUT2D eigenvalue weighted by Gasteiger charge is -2.37. The van der Waals surface area contributed by atoms with Gasteiger partial charge in [0.2, 0.25) is 0 Å². The van der Waals surface area contributed by atoms with Crippen molar-refractivity contribution in [3.63, 3.8) is 0 Å². The van der Waals surface area contributed by atoms with E-state index in [4.69, 9.17) is 32.7 Å². The smallest absolute Gasteiger partial charge is 0.257 e. The Bertz CT molecular complexity index is 512. The summed E-state index contributed by atoms with van der Waals surface area (Å²) in [6.45, 7) is 2.95. The fraction of sp³-hybridized carbons (Fsp3) is 0.562. The van der Waals surface area contributed by atoms with Crippen LogP contribution < -0.4 is 15.4 Å². The summed E-state index contributed by atoms with van der Waals surface area (Å²) in [7, 11) is 1.69. The molecule has 2 N–H and O–H groups in total. The van der Waals surface area contributed by atoms with Crippen LogP contribution in [0.15, 0.2) is 18.2 Å². The molecule has 0 saturated carbocycles. The van der Waals surface area contributed by atoms with E-state index in [1.807, 2.05) is 0 Å². The van der Waals surface area contributed by atoms with E-state index < -0.39 is 0 Å². The Morgan fingerprint density at radius 3 is 2.50 bits per heavy atom. The molecule has 24 heavy (non-hydrogen) atoms. The average Bonchev–Trinajstić information content (AvgIpc) is 2.54. The van der Waals surface area contributed by atoms with Crippen molar-refractivity contribution in [3.05, 3.63) is 28.2 Å². The first-order chi connectivity index (χ1) is 11.1. The van der Waals surface area contributed by atoms with Crippen molar-refractivity contribution in [1.82, 2.24) is 10.6 Å². The van der Waals surface area contributed by atoms with Crippen LogP contribution in [0.2, 0.25) is 10.0 Å². The number of rotatable bonds is 7. The van der Waals surface area contributed by atoms with Crippen LogP contribution in [0.3, 0.4) is 0 Å². The molecule has 1 aromatic rings. The summed E-state index contributed by atoms with van der Waals surface area (Å²) >= 11 is 12.0. The molecule has 0 aromatic heterocycles. The van der Waals surface area contributed by atoms with E-state index in [0.717, 1.165) is 25.9 Å². The van der Waals surface area contributed by atoms with Gasteiger partial charge >= 0.3 is 0 Å². The molecule has 1 aliphatic rings. The number of nitrogens with one attached hydrogen (secondary N) is 2. The number of ether oxygens (including phenoxy) is 2. The van der Waals surface area contributed by atoms with Gasteiger partial charge in [0.1, 0.15) is 0 Å². The minimum atomic E-state index is -0.199. The van der Waals surface area contributed by atoms with Crippen LogP contribution in [0.1, 0.15) is 12.8 Å². The van der Waals surface area contributed by atoms with Crippen LogP contribution in [0, 0.1) is 5.41 Å². The Morgan fingerprint density at radius 1 is 1.29 bits per heavy atom. The highest BCUT2D eigenvalue weighted by Gasteiger charge is 2.32. The highest BCUT2D eigenvalue weighted by atomic mass is 35.5. The zero-order valence-electron chi connectivity index (χ0n) is 13.6. The van der Waals surface area contributed by atoms with Gasteiger partial charge in [-0.15, -0.1) is 12.4 Å². The second-order valence-corrected chi connectivity index (χ2v) is 6.61. The van der Waals surface area contributed by atoms with E-state index in [1.165, 1.54) is 0 Å². The maximum atomic E-state index is 12.0. The molecule has 0 atom stereocenters. The number of carbonyl (C=O) groups is 1. The predicted molar refractivity (Wildman–Crippen MR) is 98.6 cm³/mol. The largest absolute Gasteiger partial charge is 0.481 e. The molecular weight excluding hydrogens is 375 g/mol. The second kappa shape index (κ2) is 10.3. The van der Waals surface area contributed by atoms with Crippen molar-refractivity contribution < 1.29 is 14.3 Å². The van der Waals surface area contributed by atoms with Gasteiger partial charge in [0.05, 0.1) is 16.7 Å². The lowest BCUT2D eigenvalue weighted by Crippen LogP contribution is -2.47. The van der Waals surface area contributed by atoms with Gasteiger partial charge in [0.25, 0.3) is 5.91 Å². The molecule has 0 aliphatic carbocycles. The molecule has 136 valence electrons. The summed E-state index contributed by atoms with van der Waals surface area (Å²) in [4.78, 5) is 12.0. The molecule has 5 nitrogen and oxygen atoms in total. The third-order valence-electron chi connectivity index (χ3n) is 4.04. The summed E-state index contributed by atoms with van der Waals surface area (Å²) < 4.78 is 10.8. The van der Waals surface area contributed by atoms with Crippen LogP contribution >= 0.6 is 35.6 Å². The third kappa shape index (κ3) is 5.97. The van der Waals surface area contributed by atoms with Crippen molar-refractivity contribution in [2.45, 2.75) is 12.8 Å². The topological polar surface area (TPSA) is 59.6 Å². The summed E-state index contributed by atoms with van der Waals surface area (Å²) in [6.07, 6.45) is 1.94. The monoisotopic (exact) mass is 396 g/mol. The van der Waals surface area contributed by atoms with Crippen molar-refractivity contribution in [3.8, 4) is 5.75 Å². The first-order valence-electron chi connectivity index (χ1n) is 7.59. The molecule has 0 spiro atoms. The zero-order chi connectivity index (χ0) is 16.7. The molecule has 0 unspecified atom stereocenters. The summed E-state index contributed by atoms with van der Waals surface area (Å²) in [5.74, 6) is 0.134. The highest BCUT2D eigenvalue weighted by molar-refractivity contribution is 6.37. The Kier molecular flexibility index (Phi) is 9.16. The Balaban J connectivity index is 0.00000288. The lowest BCUT2D eigenvalue weighted by molar-refractivity contribution is -0.124. The van der Waals surface area contributed by atoms with Gasteiger partial charge in [-0.1, -0.05) is 29.3 Å². The number of amides is 1. The Morgan fingerprint density at radius 2 is 1.92 bits per heavy atom. The maximum absolute atomic E-state index is 12.0. The first kappa shape index (κ1) is 21.3. The van der Waals surface area contributed by atoms with Crippen molar-refractivity contribution in [1.29, 1.82) is 0 Å². The van der Waals surface area contributed by atoms with Crippen LogP contribution in [-0.4, -0.2) is 45.9 Å². The number of carbonyl (C=O) groups excluding carboxylic acids is 1. The number of hydrogen-bond acceptors (Lipinski definition) is 4. The number of benzene rings is 1. The first-order valence-corrected chi connectivity index (χ1v) is 8.35. The van der Waals surface area contributed by atoms with Gasteiger partial charge in [0.15, 0.2) is 12.4 Å². The number of para-hydroxylation sites is 1. The number of halogens is 3. The number of methoxy groups -OCH3 is 1. The fourth-order valence-electron chi connectivity index (χ4n) is 2.73. The van der Waals surface area contributed by atoms with Gasteiger partial charge in [-0.3, -0.25) is 4.79 Å². The fourth-order valence-corrected chi connectivity index (χ4v) is 3.24. The van der Waals surface area contributed by atoms with E-state index in [0.29, 0.717) is 28.9 Å². The van der Waals surface area contributed by atoms with Gasteiger partial charge < -0.3 is 20.1 Å². The molecule has 1 fully saturated rings. The van der Waals surface area contributed by atoms with Gasteiger partial charge in [0, 0.05) is 19.1 Å². The highest BCUT2D eigenvalue weighted by Crippen LogP contribution is 2.32.